The molecule has 1 atom stereocenters. The first-order chi connectivity index (χ1) is 8.02. The number of imidazole rings is 1. The molecule has 0 spiro atoms. The lowest BCUT2D eigenvalue weighted by atomic mass is 10.2. The van der Waals surface area contributed by atoms with Gasteiger partial charge in [0.15, 0.2) is 0 Å². The molecule has 1 heterocycles. The maximum atomic E-state index is 5.88. The lowest BCUT2D eigenvalue weighted by molar-refractivity contribution is 0.266. The third kappa shape index (κ3) is 4.48. The van der Waals surface area contributed by atoms with E-state index in [1.54, 1.807) is 0 Å². The van der Waals surface area contributed by atoms with E-state index < -0.39 is 0 Å². The molecule has 0 radical (unpaired) electrons. The van der Waals surface area contributed by atoms with E-state index in [0.717, 1.165) is 18.8 Å². The Kier molecular flexibility index (Phi) is 5.65. The third-order valence-corrected chi connectivity index (χ3v) is 3.25. The summed E-state index contributed by atoms with van der Waals surface area (Å²) in [4.78, 5) is 6.53. The van der Waals surface area contributed by atoms with Crippen LogP contribution in [0.2, 0.25) is 0 Å². The molecule has 0 bridgehead atoms. The minimum absolute atomic E-state index is 0.0656. The van der Waals surface area contributed by atoms with E-state index in [1.165, 1.54) is 12.8 Å². The second-order valence-electron chi connectivity index (χ2n) is 5.08. The van der Waals surface area contributed by atoms with Crippen LogP contribution in [0.5, 0.6) is 0 Å². The van der Waals surface area contributed by atoms with Gasteiger partial charge in [-0.1, -0.05) is 0 Å². The Morgan fingerprint density at radius 2 is 2.06 bits per heavy atom. The summed E-state index contributed by atoms with van der Waals surface area (Å²) in [5, 5.41) is 0. The van der Waals surface area contributed by atoms with Crippen molar-refractivity contribution in [2.45, 2.75) is 52.2 Å². The molecule has 0 unspecified atom stereocenters. The van der Waals surface area contributed by atoms with Gasteiger partial charge in [-0.2, -0.15) is 0 Å². The highest BCUT2D eigenvalue weighted by molar-refractivity contribution is 5.02. The van der Waals surface area contributed by atoms with Crippen LogP contribution in [-0.4, -0.2) is 34.1 Å². The first-order valence-corrected chi connectivity index (χ1v) is 6.48. The molecule has 4 nitrogen and oxygen atoms in total. The van der Waals surface area contributed by atoms with Gasteiger partial charge in [-0.05, 0) is 47.2 Å². The Morgan fingerprint density at radius 3 is 2.65 bits per heavy atom. The number of aromatic nitrogens is 2. The highest BCUT2D eigenvalue weighted by Gasteiger charge is 2.06. The summed E-state index contributed by atoms with van der Waals surface area (Å²) >= 11 is 0. The van der Waals surface area contributed by atoms with Crippen molar-refractivity contribution in [3.8, 4) is 0 Å². The number of nitrogens with two attached hydrogens (primary N) is 1. The average Bonchev–Trinajstić information content (AvgIpc) is 2.72. The van der Waals surface area contributed by atoms with Crippen LogP contribution >= 0.6 is 0 Å². The maximum absolute atomic E-state index is 5.88. The van der Waals surface area contributed by atoms with Gasteiger partial charge in [0.25, 0.3) is 0 Å². The predicted octanol–water partition coefficient (Wildman–Crippen LogP) is 2.02. The number of hydrogen-bond acceptors (Lipinski definition) is 3. The molecule has 0 fully saturated rings. The quantitative estimate of drug-likeness (QED) is 0.739. The molecule has 1 aromatic heterocycles. The standard InChI is InChI=1S/C13H26N4/c1-11(2)16(4)7-5-6-8-17-10-15-9-13(17)12(3)14/h9-12H,5-8,14H2,1-4H3/t12-/m0/s1. The third-order valence-electron chi connectivity index (χ3n) is 3.25. The molecule has 0 aliphatic heterocycles. The second kappa shape index (κ2) is 6.77. The van der Waals surface area contributed by atoms with Gasteiger partial charge >= 0.3 is 0 Å². The molecule has 0 saturated heterocycles. The molecule has 98 valence electrons. The minimum Gasteiger partial charge on any atom is -0.333 e. The van der Waals surface area contributed by atoms with Crippen LogP contribution in [0, 0.1) is 0 Å². The van der Waals surface area contributed by atoms with Crippen molar-refractivity contribution in [3.63, 3.8) is 0 Å². The molecular formula is C13H26N4. The summed E-state index contributed by atoms with van der Waals surface area (Å²) in [6.07, 6.45) is 6.13. The van der Waals surface area contributed by atoms with E-state index in [9.17, 15) is 0 Å². The fraction of sp³-hybridized carbons (Fsp3) is 0.769. The Morgan fingerprint density at radius 1 is 1.35 bits per heavy atom. The summed E-state index contributed by atoms with van der Waals surface area (Å²) < 4.78 is 2.17. The lowest BCUT2D eigenvalue weighted by Gasteiger charge is -2.20. The summed E-state index contributed by atoms with van der Waals surface area (Å²) in [5.41, 5.74) is 7.01. The Bertz CT molecular complexity index is 317. The summed E-state index contributed by atoms with van der Waals surface area (Å²) in [5.74, 6) is 0. The van der Waals surface area contributed by atoms with Crippen molar-refractivity contribution in [3.05, 3.63) is 18.2 Å². The molecule has 0 aromatic carbocycles. The van der Waals surface area contributed by atoms with Gasteiger partial charge in [-0.15, -0.1) is 0 Å². The largest absolute Gasteiger partial charge is 0.333 e. The van der Waals surface area contributed by atoms with Crippen LogP contribution in [0.15, 0.2) is 12.5 Å². The predicted molar refractivity (Wildman–Crippen MR) is 71.8 cm³/mol. The van der Waals surface area contributed by atoms with Gasteiger partial charge in [-0.25, -0.2) is 4.98 Å². The molecule has 17 heavy (non-hydrogen) atoms. The molecule has 1 aromatic rings. The van der Waals surface area contributed by atoms with Crippen LogP contribution in [-0.2, 0) is 6.54 Å². The average molecular weight is 238 g/mol. The van der Waals surface area contributed by atoms with E-state index >= 15 is 0 Å². The van der Waals surface area contributed by atoms with Crippen molar-refractivity contribution in [2.75, 3.05) is 13.6 Å². The topological polar surface area (TPSA) is 47.1 Å². The van der Waals surface area contributed by atoms with Crippen LogP contribution in [0.1, 0.15) is 45.3 Å². The van der Waals surface area contributed by atoms with Crippen LogP contribution in [0.4, 0.5) is 0 Å². The number of nitrogens with zero attached hydrogens (tertiary/aromatic N) is 3. The first kappa shape index (κ1) is 14.2. The number of hydrogen-bond donors (Lipinski definition) is 1. The first-order valence-electron chi connectivity index (χ1n) is 6.48. The molecule has 0 aliphatic carbocycles. The second-order valence-corrected chi connectivity index (χ2v) is 5.08. The summed E-state index contributed by atoms with van der Waals surface area (Å²) in [6.45, 7) is 8.62. The fourth-order valence-corrected chi connectivity index (χ4v) is 1.80. The molecule has 4 heteroatoms. The van der Waals surface area contributed by atoms with E-state index in [0.29, 0.717) is 6.04 Å². The van der Waals surface area contributed by atoms with Crippen molar-refractivity contribution < 1.29 is 0 Å². The zero-order valence-corrected chi connectivity index (χ0v) is 11.6. The highest BCUT2D eigenvalue weighted by atomic mass is 15.1. The molecule has 1 rings (SSSR count). The van der Waals surface area contributed by atoms with Gasteiger partial charge < -0.3 is 15.2 Å². The molecular weight excluding hydrogens is 212 g/mol. The van der Waals surface area contributed by atoms with Crippen LogP contribution in [0.3, 0.4) is 0 Å². The summed E-state index contributed by atoms with van der Waals surface area (Å²) in [7, 11) is 2.18. The van der Waals surface area contributed by atoms with Crippen molar-refractivity contribution in [2.24, 2.45) is 5.73 Å². The maximum Gasteiger partial charge on any atom is 0.0948 e. The van der Waals surface area contributed by atoms with Crippen molar-refractivity contribution >= 4 is 0 Å². The zero-order chi connectivity index (χ0) is 12.8. The SMILES string of the molecule is CC(C)N(C)CCCCn1cncc1[C@H](C)N. The zero-order valence-electron chi connectivity index (χ0n) is 11.6. The number of rotatable bonds is 7. The number of unbranched alkanes of at least 4 members (excludes halogenated alkanes) is 1. The minimum atomic E-state index is 0.0656. The van der Waals surface area contributed by atoms with E-state index in [4.69, 9.17) is 5.73 Å². The van der Waals surface area contributed by atoms with E-state index in [2.05, 4.69) is 35.3 Å². The monoisotopic (exact) mass is 238 g/mol. The van der Waals surface area contributed by atoms with E-state index in [-0.39, 0.29) is 6.04 Å². The van der Waals surface area contributed by atoms with Crippen LogP contribution < -0.4 is 5.73 Å². The van der Waals surface area contributed by atoms with Gasteiger partial charge in [-0.3, -0.25) is 0 Å². The normalized spacial score (nSPS) is 13.6. The van der Waals surface area contributed by atoms with Crippen molar-refractivity contribution in [1.82, 2.24) is 14.5 Å². The van der Waals surface area contributed by atoms with Gasteiger partial charge in [0.1, 0.15) is 0 Å². The Labute approximate surface area is 105 Å². The number of aryl methyl sites for hydroxylation is 1. The van der Waals surface area contributed by atoms with Gasteiger partial charge in [0, 0.05) is 24.8 Å². The Balaban J connectivity index is 2.29. The van der Waals surface area contributed by atoms with Crippen molar-refractivity contribution in [1.29, 1.82) is 0 Å². The summed E-state index contributed by atoms with van der Waals surface area (Å²) in [6, 6.07) is 0.693. The van der Waals surface area contributed by atoms with Crippen LogP contribution in [0.25, 0.3) is 0 Å². The molecule has 0 saturated carbocycles. The van der Waals surface area contributed by atoms with Gasteiger partial charge in [0.2, 0.25) is 0 Å². The smallest absolute Gasteiger partial charge is 0.0948 e. The lowest BCUT2D eigenvalue weighted by Crippen LogP contribution is -2.27. The van der Waals surface area contributed by atoms with Gasteiger partial charge in [0.05, 0.1) is 12.0 Å². The fourth-order valence-electron chi connectivity index (χ4n) is 1.80. The molecule has 0 aliphatic rings. The highest BCUT2D eigenvalue weighted by Crippen LogP contribution is 2.10. The molecule has 0 amide bonds. The molecule has 2 N–H and O–H groups in total. The van der Waals surface area contributed by atoms with E-state index in [1.807, 2.05) is 19.4 Å². The Hall–Kier alpha value is -0.870.